The van der Waals surface area contributed by atoms with Crippen molar-refractivity contribution < 1.29 is 0 Å². The van der Waals surface area contributed by atoms with Gasteiger partial charge in [0.25, 0.3) is 0 Å². The summed E-state index contributed by atoms with van der Waals surface area (Å²) < 4.78 is 0. The summed E-state index contributed by atoms with van der Waals surface area (Å²) in [5, 5.41) is 11.6. The Morgan fingerprint density at radius 3 is 1.78 bits per heavy atom. The highest BCUT2D eigenvalue weighted by Crippen LogP contribution is 2.45. The third-order valence-corrected chi connectivity index (χ3v) is 11.6. The van der Waals surface area contributed by atoms with Gasteiger partial charge >= 0.3 is 0 Å². The normalized spacial score (nSPS) is 18.5. The van der Waals surface area contributed by atoms with Crippen molar-refractivity contribution in [2.75, 3.05) is 4.90 Å². The first-order chi connectivity index (χ1) is 27.3. The maximum atomic E-state index is 5.45. The zero-order valence-electron chi connectivity index (χ0n) is 30.2. The van der Waals surface area contributed by atoms with Crippen molar-refractivity contribution in [1.82, 2.24) is 5.32 Å². The predicted molar refractivity (Wildman–Crippen MR) is 231 cm³/mol. The molecule has 2 aliphatic heterocycles. The Balaban J connectivity index is 0.948. The number of para-hydroxylation sites is 1. The zero-order valence-corrected chi connectivity index (χ0v) is 30.2. The van der Waals surface area contributed by atoms with Crippen LogP contribution in [0, 0.1) is 0 Å². The first-order valence-electron chi connectivity index (χ1n) is 19.2. The van der Waals surface area contributed by atoms with Gasteiger partial charge in [0.15, 0.2) is 0 Å². The van der Waals surface area contributed by atoms with Crippen LogP contribution in [-0.2, 0) is 0 Å². The van der Waals surface area contributed by atoms with E-state index < -0.39 is 0 Å². The van der Waals surface area contributed by atoms with Gasteiger partial charge < -0.3 is 10.2 Å². The molecule has 8 aromatic carbocycles. The van der Waals surface area contributed by atoms with Crippen molar-refractivity contribution in [3.63, 3.8) is 0 Å². The van der Waals surface area contributed by atoms with Crippen molar-refractivity contribution in [2.45, 2.75) is 18.1 Å². The summed E-state index contributed by atoms with van der Waals surface area (Å²) in [6, 6.07) is 61.9. The number of aliphatic imine (C=N–C) groups is 1. The molecule has 1 N–H and O–H groups in total. The summed E-state index contributed by atoms with van der Waals surface area (Å²) in [6.07, 6.45) is 10.9. The van der Waals surface area contributed by atoms with Gasteiger partial charge in [0, 0.05) is 23.4 Å². The Labute approximate surface area is 320 Å². The van der Waals surface area contributed by atoms with E-state index >= 15 is 0 Å². The second-order valence-electron chi connectivity index (χ2n) is 14.7. The topological polar surface area (TPSA) is 27.6 Å². The summed E-state index contributed by atoms with van der Waals surface area (Å²) in [4.78, 5) is 7.88. The van der Waals surface area contributed by atoms with Gasteiger partial charge in [-0.15, -0.1) is 0 Å². The van der Waals surface area contributed by atoms with Crippen LogP contribution in [0.25, 0.3) is 60.3 Å². The number of benzene rings is 8. The van der Waals surface area contributed by atoms with Crippen LogP contribution in [0.1, 0.15) is 28.8 Å². The van der Waals surface area contributed by atoms with E-state index in [0.29, 0.717) is 5.92 Å². The highest BCUT2D eigenvalue weighted by molar-refractivity contribution is 6.25. The largest absolute Gasteiger partial charge is 0.359 e. The maximum absolute atomic E-state index is 5.45. The van der Waals surface area contributed by atoms with Gasteiger partial charge in [0.1, 0.15) is 12.0 Å². The number of anilines is 1. The Hall–Kier alpha value is -6.97. The van der Waals surface area contributed by atoms with Crippen LogP contribution in [0.4, 0.5) is 5.69 Å². The summed E-state index contributed by atoms with van der Waals surface area (Å²) in [5.74, 6) is 1.26. The van der Waals surface area contributed by atoms with Gasteiger partial charge in [-0.05, 0) is 89.5 Å². The minimum Gasteiger partial charge on any atom is -0.359 e. The lowest BCUT2D eigenvalue weighted by Gasteiger charge is -2.33. The van der Waals surface area contributed by atoms with E-state index in [4.69, 9.17) is 4.99 Å². The van der Waals surface area contributed by atoms with E-state index in [2.05, 4.69) is 210 Å². The Kier molecular flexibility index (Phi) is 7.38. The number of allylic oxidation sites excluding steroid dienone is 2. The van der Waals surface area contributed by atoms with E-state index in [-0.39, 0.29) is 12.2 Å². The quantitative estimate of drug-likeness (QED) is 0.185. The predicted octanol–water partition coefficient (Wildman–Crippen LogP) is 12.6. The lowest BCUT2D eigenvalue weighted by Crippen LogP contribution is -2.40. The van der Waals surface area contributed by atoms with Gasteiger partial charge in [0.05, 0.1) is 6.04 Å². The standard InChI is InChI=1S/C52H37N3/c1-2-13-36(14-3-1)48-33-51(55-49-23-10-8-21-45(49)46-22-9-11-24-50(46)55)54-52(53-48)39-16-12-15-37(31-39)34-25-27-35(28-26-34)38-29-30-44-42-19-5-4-17-40(42)41-18-6-7-20-43(41)47(44)32-38/h1-33,45,49,52-53H. The Morgan fingerprint density at radius 2 is 1.04 bits per heavy atom. The molecule has 1 aliphatic carbocycles. The molecule has 0 amide bonds. The summed E-state index contributed by atoms with van der Waals surface area (Å²) in [7, 11) is 0. The van der Waals surface area contributed by atoms with Gasteiger partial charge in [-0.1, -0.05) is 176 Å². The SMILES string of the molecule is C1=CC2c3ccccc3N(C3=NC(c4cccc(-c5ccc(-c6ccc7c8ccccc8c8ccccc8c7c6)cc5)c4)NC(c4ccccc4)=C3)C2C=C1. The molecule has 11 rings (SSSR count). The number of nitrogens with one attached hydrogen (secondary N) is 1. The molecule has 0 spiro atoms. The molecule has 0 fully saturated rings. The van der Waals surface area contributed by atoms with E-state index in [0.717, 1.165) is 22.7 Å². The number of nitrogens with zero attached hydrogens (tertiary/aromatic N) is 2. The molecule has 3 nitrogen and oxygen atoms in total. The number of rotatable bonds is 4. The fraction of sp³-hybridized carbons (Fsp3) is 0.0577. The van der Waals surface area contributed by atoms with Crippen LogP contribution in [-0.4, -0.2) is 11.9 Å². The van der Waals surface area contributed by atoms with E-state index in [1.807, 2.05) is 0 Å². The molecule has 260 valence electrons. The van der Waals surface area contributed by atoms with Crippen molar-refractivity contribution in [3.05, 3.63) is 217 Å². The van der Waals surface area contributed by atoms with Crippen LogP contribution in [0.5, 0.6) is 0 Å². The Bertz CT molecular complexity index is 2880. The molecule has 0 aromatic heterocycles. The van der Waals surface area contributed by atoms with Crippen molar-refractivity contribution in [3.8, 4) is 22.3 Å². The first kappa shape index (κ1) is 31.5. The maximum Gasteiger partial charge on any atom is 0.147 e. The molecule has 0 radical (unpaired) electrons. The monoisotopic (exact) mass is 703 g/mol. The summed E-state index contributed by atoms with van der Waals surface area (Å²) in [5.41, 5.74) is 10.7. The molecule has 8 aromatic rings. The minimum atomic E-state index is -0.257. The van der Waals surface area contributed by atoms with E-state index in [9.17, 15) is 0 Å². The van der Waals surface area contributed by atoms with Gasteiger partial charge in [-0.2, -0.15) is 0 Å². The number of hydrogen-bond acceptors (Lipinski definition) is 3. The number of hydrogen-bond donors (Lipinski definition) is 1. The van der Waals surface area contributed by atoms with Gasteiger partial charge in [-0.25, -0.2) is 4.99 Å². The molecule has 2 heterocycles. The molecular formula is C52H37N3. The highest BCUT2D eigenvalue weighted by Gasteiger charge is 2.39. The average molecular weight is 704 g/mol. The van der Waals surface area contributed by atoms with Crippen LogP contribution in [0.3, 0.4) is 0 Å². The molecular weight excluding hydrogens is 667 g/mol. The van der Waals surface area contributed by atoms with E-state index in [1.165, 1.54) is 65.8 Å². The first-order valence-corrected chi connectivity index (χ1v) is 19.2. The average Bonchev–Trinajstić information content (AvgIpc) is 3.61. The molecule has 0 saturated carbocycles. The fourth-order valence-electron chi connectivity index (χ4n) is 8.98. The number of fused-ring (bicyclic) bond motifs is 9. The van der Waals surface area contributed by atoms with Gasteiger partial charge in [-0.3, -0.25) is 0 Å². The van der Waals surface area contributed by atoms with Crippen molar-refractivity contribution >= 4 is 49.5 Å². The van der Waals surface area contributed by atoms with Crippen LogP contribution in [0.2, 0.25) is 0 Å². The zero-order chi connectivity index (χ0) is 36.3. The molecule has 0 saturated heterocycles. The number of amidine groups is 1. The van der Waals surface area contributed by atoms with Crippen molar-refractivity contribution in [2.24, 2.45) is 4.99 Å². The third-order valence-electron chi connectivity index (χ3n) is 11.6. The smallest absolute Gasteiger partial charge is 0.147 e. The molecule has 55 heavy (non-hydrogen) atoms. The fourth-order valence-corrected chi connectivity index (χ4v) is 8.98. The second kappa shape index (κ2) is 12.9. The molecule has 3 unspecified atom stereocenters. The lowest BCUT2D eigenvalue weighted by atomic mass is 9.91. The highest BCUT2D eigenvalue weighted by atomic mass is 15.3. The minimum absolute atomic E-state index is 0.179. The molecule has 0 bridgehead atoms. The lowest BCUT2D eigenvalue weighted by molar-refractivity contribution is 0.655. The third kappa shape index (κ3) is 5.31. The molecule has 3 heteroatoms. The van der Waals surface area contributed by atoms with Crippen molar-refractivity contribution in [1.29, 1.82) is 0 Å². The van der Waals surface area contributed by atoms with Crippen LogP contribution >= 0.6 is 0 Å². The summed E-state index contributed by atoms with van der Waals surface area (Å²) in [6.45, 7) is 0. The Morgan fingerprint density at radius 1 is 0.455 bits per heavy atom. The van der Waals surface area contributed by atoms with E-state index in [1.54, 1.807) is 0 Å². The van der Waals surface area contributed by atoms with Crippen LogP contribution in [0.15, 0.2) is 205 Å². The molecule has 3 aliphatic rings. The van der Waals surface area contributed by atoms with Crippen LogP contribution < -0.4 is 10.2 Å². The summed E-state index contributed by atoms with van der Waals surface area (Å²) >= 11 is 0. The van der Waals surface area contributed by atoms with Gasteiger partial charge in [0.2, 0.25) is 0 Å². The molecule has 3 atom stereocenters. The second-order valence-corrected chi connectivity index (χ2v) is 14.7.